The summed E-state index contributed by atoms with van der Waals surface area (Å²) in [4.78, 5) is 23.1. The zero-order valence-corrected chi connectivity index (χ0v) is 13.1. The Morgan fingerprint density at radius 1 is 1.55 bits per heavy atom. The first kappa shape index (κ1) is 15.1. The molecule has 116 valence electrons. The third-order valence-electron chi connectivity index (χ3n) is 3.62. The highest BCUT2D eigenvalue weighted by Gasteiger charge is 2.19. The van der Waals surface area contributed by atoms with E-state index in [0.29, 0.717) is 12.2 Å². The fraction of sp³-hybridized carbons (Fsp3) is 0.400. The van der Waals surface area contributed by atoms with Crippen molar-refractivity contribution in [3.63, 3.8) is 0 Å². The van der Waals surface area contributed by atoms with Crippen LogP contribution in [0.3, 0.4) is 0 Å². The summed E-state index contributed by atoms with van der Waals surface area (Å²) in [6.07, 6.45) is 2.76. The Kier molecular flexibility index (Phi) is 4.47. The summed E-state index contributed by atoms with van der Waals surface area (Å²) in [5.41, 5.74) is 2.60. The molecule has 0 saturated carbocycles. The predicted molar refractivity (Wildman–Crippen MR) is 81.8 cm³/mol. The number of carboxylic acid groups (broad SMARTS) is 1. The highest BCUT2D eigenvalue weighted by molar-refractivity contribution is 7.10. The van der Waals surface area contributed by atoms with E-state index in [2.05, 4.69) is 14.9 Å². The minimum atomic E-state index is -0.870. The van der Waals surface area contributed by atoms with Crippen LogP contribution in [0.2, 0.25) is 0 Å². The standard InChI is InChI=1S/C15H17N3O3S/c1-21-8-14-16-5-11-6-18(3-2-13(11)17-14)7-12-4-10(9-22-12)15(19)20/h4-5,9H,2-3,6-8H2,1H3,(H,19,20). The van der Waals surface area contributed by atoms with Gasteiger partial charge in [0.15, 0.2) is 5.82 Å². The van der Waals surface area contributed by atoms with E-state index in [1.807, 2.05) is 6.20 Å². The Labute approximate surface area is 132 Å². The number of rotatable bonds is 5. The lowest BCUT2D eigenvalue weighted by Crippen LogP contribution is -2.30. The van der Waals surface area contributed by atoms with E-state index in [0.717, 1.165) is 48.0 Å². The molecule has 0 atom stereocenters. The summed E-state index contributed by atoms with van der Waals surface area (Å²) in [6, 6.07) is 1.75. The van der Waals surface area contributed by atoms with Crippen LogP contribution in [0.5, 0.6) is 0 Å². The Morgan fingerprint density at radius 3 is 3.14 bits per heavy atom. The highest BCUT2D eigenvalue weighted by Crippen LogP contribution is 2.22. The van der Waals surface area contributed by atoms with Crippen LogP contribution in [0.15, 0.2) is 17.6 Å². The second kappa shape index (κ2) is 6.51. The molecule has 0 aliphatic carbocycles. The maximum atomic E-state index is 10.9. The third kappa shape index (κ3) is 3.32. The molecule has 2 aromatic heterocycles. The lowest BCUT2D eigenvalue weighted by Gasteiger charge is -2.27. The van der Waals surface area contributed by atoms with Crippen molar-refractivity contribution in [1.82, 2.24) is 14.9 Å². The molecule has 0 radical (unpaired) electrons. The largest absolute Gasteiger partial charge is 0.478 e. The second-order valence-electron chi connectivity index (χ2n) is 5.26. The van der Waals surface area contributed by atoms with Crippen LogP contribution in [-0.4, -0.2) is 39.6 Å². The number of aromatic carboxylic acids is 1. The molecule has 2 aromatic rings. The van der Waals surface area contributed by atoms with Gasteiger partial charge < -0.3 is 9.84 Å². The smallest absolute Gasteiger partial charge is 0.336 e. The van der Waals surface area contributed by atoms with Gasteiger partial charge >= 0.3 is 5.97 Å². The average molecular weight is 319 g/mol. The summed E-state index contributed by atoms with van der Waals surface area (Å²) < 4.78 is 5.06. The molecule has 22 heavy (non-hydrogen) atoms. The van der Waals surface area contributed by atoms with Crippen molar-refractivity contribution >= 4 is 17.3 Å². The molecule has 0 amide bonds. The Morgan fingerprint density at radius 2 is 2.41 bits per heavy atom. The van der Waals surface area contributed by atoms with E-state index in [1.54, 1.807) is 18.6 Å². The van der Waals surface area contributed by atoms with Gasteiger partial charge in [0.1, 0.15) is 6.61 Å². The van der Waals surface area contributed by atoms with Crippen molar-refractivity contribution < 1.29 is 14.6 Å². The maximum absolute atomic E-state index is 10.9. The van der Waals surface area contributed by atoms with Crippen LogP contribution in [0, 0.1) is 0 Å². The topological polar surface area (TPSA) is 75.6 Å². The van der Waals surface area contributed by atoms with Gasteiger partial charge in [0.25, 0.3) is 0 Å². The molecule has 1 aliphatic rings. The van der Waals surface area contributed by atoms with Gasteiger partial charge in [0, 0.05) is 60.9 Å². The first-order valence-electron chi connectivity index (χ1n) is 7.01. The first-order valence-corrected chi connectivity index (χ1v) is 7.89. The van der Waals surface area contributed by atoms with Gasteiger partial charge in [0.05, 0.1) is 5.56 Å². The van der Waals surface area contributed by atoms with Crippen LogP contribution in [0.4, 0.5) is 0 Å². The number of hydrogen-bond donors (Lipinski definition) is 1. The predicted octanol–water partition coefficient (Wildman–Crippen LogP) is 1.94. The molecule has 7 heteroatoms. The van der Waals surface area contributed by atoms with Crippen molar-refractivity contribution in [2.75, 3.05) is 13.7 Å². The van der Waals surface area contributed by atoms with Crippen molar-refractivity contribution in [3.05, 3.63) is 45.2 Å². The minimum Gasteiger partial charge on any atom is -0.478 e. The molecule has 1 aliphatic heterocycles. The SMILES string of the molecule is COCc1ncc2c(n1)CCN(Cc1cc(C(=O)O)cs1)C2. The fourth-order valence-corrected chi connectivity index (χ4v) is 3.44. The van der Waals surface area contributed by atoms with E-state index in [1.165, 1.54) is 11.3 Å². The lowest BCUT2D eigenvalue weighted by molar-refractivity contribution is 0.0697. The van der Waals surface area contributed by atoms with Crippen LogP contribution < -0.4 is 0 Å². The summed E-state index contributed by atoms with van der Waals surface area (Å²) in [5, 5.41) is 10.7. The van der Waals surface area contributed by atoms with Gasteiger partial charge in [-0.25, -0.2) is 14.8 Å². The Hall–Kier alpha value is -1.83. The summed E-state index contributed by atoms with van der Waals surface area (Å²) >= 11 is 1.49. The first-order chi connectivity index (χ1) is 10.7. The molecule has 3 rings (SSSR count). The quantitative estimate of drug-likeness (QED) is 0.908. The zero-order chi connectivity index (χ0) is 15.5. The molecule has 3 heterocycles. The number of nitrogens with zero attached hydrogens (tertiary/aromatic N) is 3. The number of thiophene rings is 1. The van der Waals surface area contributed by atoms with E-state index < -0.39 is 5.97 Å². The van der Waals surface area contributed by atoms with Gasteiger partial charge in [-0.05, 0) is 6.07 Å². The Bertz CT molecular complexity index is 686. The van der Waals surface area contributed by atoms with Crippen molar-refractivity contribution in [2.45, 2.75) is 26.1 Å². The molecular formula is C15H17N3O3S. The molecular weight excluding hydrogens is 302 g/mol. The number of aromatic nitrogens is 2. The van der Waals surface area contributed by atoms with Gasteiger partial charge in [-0.15, -0.1) is 11.3 Å². The van der Waals surface area contributed by atoms with E-state index >= 15 is 0 Å². The monoisotopic (exact) mass is 319 g/mol. The molecule has 0 unspecified atom stereocenters. The molecule has 0 saturated heterocycles. The summed E-state index contributed by atoms with van der Waals surface area (Å²) in [7, 11) is 1.64. The van der Waals surface area contributed by atoms with Crippen LogP contribution in [-0.2, 0) is 30.9 Å². The molecule has 1 N–H and O–H groups in total. The zero-order valence-electron chi connectivity index (χ0n) is 12.3. The number of carboxylic acids is 1. The third-order valence-corrected chi connectivity index (χ3v) is 4.54. The van der Waals surface area contributed by atoms with Crippen LogP contribution in [0.1, 0.15) is 32.3 Å². The molecule has 0 spiro atoms. The van der Waals surface area contributed by atoms with Crippen molar-refractivity contribution in [1.29, 1.82) is 0 Å². The molecule has 6 nitrogen and oxygen atoms in total. The van der Waals surface area contributed by atoms with Gasteiger partial charge in [-0.2, -0.15) is 0 Å². The van der Waals surface area contributed by atoms with Gasteiger partial charge in [-0.1, -0.05) is 0 Å². The van der Waals surface area contributed by atoms with E-state index in [4.69, 9.17) is 9.84 Å². The van der Waals surface area contributed by atoms with E-state index in [-0.39, 0.29) is 0 Å². The Balaban J connectivity index is 1.67. The minimum absolute atomic E-state index is 0.366. The summed E-state index contributed by atoms with van der Waals surface area (Å²) in [6.45, 7) is 2.90. The van der Waals surface area contributed by atoms with Crippen molar-refractivity contribution in [3.8, 4) is 0 Å². The number of fused-ring (bicyclic) bond motifs is 1. The van der Waals surface area contributed by atoms with Gasteiger partial charge in [-0.3, -0.25) is 4.90 Å². The van der Waals surface area contributed by atoms with Crippen molar-refractivity contribution in [2.24, 2.45) is 0 Å². The molecule has 0 bridgehead atoms. The summed E-state index contributed by atoms with van der Waals surface area (Å²) in [5.74, 6) is -0.149. The number of ether oxygens (including phenoxy) is 1. The molecule has 0 aromatic carbocycles. The lowest BCUT2D eigenvalue weighted by atomic mass is 10.1. The highest BCUT2D eigenvalue weighted by atomic mass is 32.1. The number of carbonyl (C=O) groups is 1. The van der Waals surface area contributed by atoms with Gasteiger partial charge in [0.2, 0.25) is 0 Å². The average Bonchev–Trinajstić information content (AvgIpc) is 2.96. The number of hydrogen-bond acceptors (Lipinski definition) is 6. The normalized spacial score (nSPS) is 14.8. The maximum Gasteiger partial charge on any atom is 0.336 e. The van der Waals surface area contributed by atoms with Crippen LogP contribution in [0.25, 0.3) is 0 Å². The fourth-order valence-electron chi connectivity index (χ4n) is 2.55. The second-order valence-corrected chi connectivity index (χ2v) is 6.25. The molecule has 0 fully saturated rings. The van der Waals surface area contributed by atoms with E-state index in [9.17, 15) is 4.79 Å². The number of methoxy groups -OCH3 is 1. The van der Waals surface area contributed by atoms with Crippen LogP contribution >= 0.6 is 11.3 Å².